The third-order valence-electron chi connectivity index (χ3n) is 2.55. The Balaban J connectivity index is 2.08. The largest absolute Gasteiger partial charge is 0.354 e. The first-order valence-corrected chi connectivity index (χ1v) is 5.34. The Morgan fingerprint density at radius 1 is 1.41 bits per heavy atom. The Morgan fingerprint density at radius 3 is 2.94 bits per heavy atom. The number of amides is 2. The van der Waals surface area contributed by atoms with Crippen molar-refractivity contribution >= 4 is 11.8 Å². The molecule has 0 aromatic carbocycles. The smallest absolute Gasteiger partial charge is 0.272 e. The highest BCUT2D eigenvalue weighted by atomic mass is 19.1. The predicted molar refractivity (Wildman–Crippen MR) is 57.7 cm³/mol. The van der Waals surface area contributed by atoms with Gasteiger partial charge in [-0.25, -0.2) is 9.37 Å². The fourth-order valence-electron chi connectivity index (χ4n) is 1.63. The Bertz CT molecular complexity index is 433. The molecule has 2 heterocycles. The van der Waals surface area contributed by atoms with Gasteiger partial charge in [0.05, 0.1) is 6.20 Å². The lowest BCUT2D eigenvalue weighted by Crippen LogP contribution is -2.34. The van der Waals surface area contributed by atoms with Crippen LogP contribution in [0, 0.1) is 5.82 Å². The molecule has 2 rings (SSSR count). The van der Waals surface area contributed by atoms with E-state index in [0.717, 1.165) is 6.20 Å². The van der Waals surface area contributed by atoms with Gasteiger partial charge < -0.3 is 10.2 Å². The minimum atomic E-state index is -0.478. The maximum absolute atomic E-state index is 12.7. The van der Waals surface area contributed by atoms with Crippen molar-refractivity contribution < 1.29 is 14.0 Å². The summed E-state index contributed by atoms with van der Waals surface area (Å²) in [5.74, 6) is -0.817. The van der Waals surface area contributed by atoms with Crippen molar-refractivity contribution in [3.05, 3.63) is 29.8 Å². The number of carbonyl (C=O) groups excluding carboxylic acids is 2. The summed E-state index contributed by atoms with van der Waals surface area (Å²) in [6.07, 6.45) is 1.29. The van der Waals surface area contributed by atoms with Crippen molar-refractivity contribution in [2.75, 3.05) is 19.6 Å². The molecule has 0 bridgehead atoms. The summed E-state index contributed by atoms with van der Waals surface area (Å²) in [5.41, 5.74) is 0.195. The summed E-state index contributed by atoms with van der Waals surface area (Å²) in [6.45, 7) is 1.25. The third-order valence-corrected chi connectivity index (χ3v) is 2.55. The fourth-order valence-corrected chi connectivity index (χ4v) is 1.63. The van der Waals surface area contributed by atoms with Gasteiger partial charge in [0.1, 0.15) is 11.5 Å². The van der Waals surface area contributed by atoms with Crippen molar-refractivity contribution in [2.24, 2.45) is 0 Å². The summed E-state index contributed by atoms with van der Waals surface area (Å²) in [5, 5.41) is 2.68. The second kappa shape index (κ2) is 4.90. The zero-order valence-corrected chi connectivity index (χ0v) is 9.15. The van der Waals surface area contributed by atoms with Crippen molar-refractivity contribution in [1.82, 2.24) is 15.2 Å². The lowest BCUT2D eigenvalue weighted by molar-refractivity contribution is -0.120. The molecule has 0 saturated carbocycles. The zero-order valence-electron chi connectivity index (χ0n) is 9.15. The van der Waals surface area contributed by atoms with Crippen LogP contribution in [0.2, 0.25) is 0 Å². The molecule has 0 radical (unpaired) electrons. The Morgan fingerprint density at radius 2 is 2.24 bits per heavy atom. The molecule has 0 unspecified atom stereocenters. The first kappa shape index (κ1) is 11.5. The van der Waals surface area contributed by atoms with Gasteiger partial charge in [-0.1, -0.05) is 0 Å². The van der Waals surface area contributed by atoms with Gasteiger partial charge >= 0.3 is 0 Å². The SMILES string of the molecule is O=C1CCN(C(=O)c2ccc(F)cn2)CCN1. The molecular formula is C11H12FN3O2. The van der Waals surface area contributed by atoms with Crippen LogP contribution in [0.15, 0.2) is 18.3 Å². The van der Waals surface area contributed by atoms with E-state index in [1.54, 1.807) is 0 Å². The molecule has 1 aliphatic rings. The third kappa shape index (κ3) is 2.77. The number of hydrogen-bond acceptors (Lipinski definition) is 3. The van der Waals surface area contributed by atoms with Gasteiger partial charge in [0, 0.05) is 26.1 Å². The van der Waals surface area contributed by atoms with Crippen molar-refractivity contribution in [2.45, 2.75) is 6.42 Å². The molecule has 0 atom stereocenters. The van der Waals surface area contributed by atoms with Crippen molar-refractivity contribution in [1.29, 1.82) is 0 Å². The monoisotopic (exact) mass is 237 g/mol. The van der Waals surface area contributed by atoms with E-state index in [1.165, 1.54) is 17.0 Å². The van der Waals surface area contributed by atoms with Crippen LogP contribution in [-0.2, 0) is 4.79 Å². The number of aromatic nitrogens is 1. The fraction of sp³-hybridized carbons (Fsp3) is 0.364. The van der Waals surface area contributed by atoms with Crippen LogP contribution >= 0.6 is 0 Å². The number of hydrogen-bond donors (Lipinski definition) is 1. The van der Waals surface area contributed by atoms with Crippen LogP contribution in [0.4, 0.5) is 4.39 Å². The van der Waals surface area contributed by atoms with Gasteiger partial charge in [0.2, 0.25) is 5.91 Å². The maximum atomic E-state index is 12.7. The highest BCUT2D eigenvalue weighted by Gasteiger charge is 2.20. The van der Waals surface area contributed by atoms with E-state index in [1.807, 2.05) is 0 Å². The van der Waals surface area contributed by atoms with Crippen LogP contribution < -0.4 is 5.32 Å². The van der Waals surface area contributed by atoms with Gasteiger partial charge in [-0.05, 0) is 12.1 Å². The molecule has 0 aliphatic carbocycles. The normalized spacial score (nSPS) is 16.3. The second-order valence-electron chi connectivity index (χ2n) is 3.75. The van der Waals surface area contributed by atoms with E-state index in [9.17, 15) is 14.0 Å². The number of halogens is 1. The molecule has 1 aromatic rings. The highest BCUT2D eigenvalue weighted by molar-refractivity contribution is 5.92. The molecule has 1 aromatic heterocycles. The van der Waals surface area contributed by atoms with Gasteiger partial charge in [-0.15, -0.1) is 0 Å². The Kier molecular flexibility index (Phi) is 3.32. The number of pyridine rings is 1. The molecule has 17 heavy (non-hydrogen) atoms. The van der Waals surface area contributed by atoms with Crippen LogP contribution in [0.3, 0.4) is 0 Å². The molecule has 5 nitrogen and oxygen atoms in total. The van der Waals surface area contributed by atoms with E-state index < -0.39 is 5.82 Å². The lowest BCUT2D eigenvalue weighted by Gasteiger charge is -2.18. The standard InChI is InChI=1S/C11H12FN3O2/c12-8-1-2-9(14-7-8)11(17)15-5-3-10(16)13-4-6-15/h1-2,7H,3-6H2,(H,13,16). The number of nitrogens with one attached hydrogen (secondary N) is 1. The molecule has 1 N–H and O–H groups in total. The Labute approximate surface area is 97.6 Å². The number of nitrogens with zero attached hydrogens (tertiary/aromatic N) is 2. The van der Waals surface area contributed by atoms with Crippen molar-refractivity contribution in [3.8, 4) is 0 Å². The molecule has 90 valence electrons. The minimum absolute atomic E-state index is 0.0626. The zero-order chi connectivity index (χ0) is 12.3. The van der Waals surface area contributed by atoms with Gasteiger partial charge in [-0.3, -0.25) is 9.59 Å². The summed E-state index contributed by atoms with van der Waals surface area (Å²) < 4.78 is 12.7. The Hall–Kier alpha value is -1.98. The molecule has 1 fully saturated rings. The summed E-state index contributed by atoms with van der Waals surface area (Å²) >= 11 is 0. The number of rotatable bonds is 1. The maximum Gasteiger partial charge on any atom is 0.272 e. The quantitative estimate of drug-likeness (QED) is 0.758. The average Bonchev–Trinajstić information content (AvgIpc) is 2.54. The predicted octanol–water partition coefficient (Wildman–Crippen LogP) is 0.183. The topological polar surface area (TPSA) is 62.3 Å². The van der Waals surface area contributed by atoms with Crippen molar-refractivity contribution in [3.63, 3.8) is 0 Å². The van der Waals surface area contributed by atoms with Gasteiger partial charge in [0.15, 0.2) is 0 Å². The first-order chi connectivity index (χ1) is 8.16. The van der Waals surface area contributed by atoms with E-state index >= 15 is 0 Å². The minimum Gasteiger partial charge on any atom is -0.354 e. The summed E-state index contributed by atoms with van der Waals surface area (Å²) in [7, 11) is 0. The molecule has 0 spiro atoms. The lowest BCUT2D eigenvalue weighted by atomic mass is 10.3. The molecule has 2 amide bonds. The average molecular weight is 237 g/mol. The molecular weight excluding hydrogens is 225 g/mol. The van der Waals surface area contributed by atoms with E-state index in [4.69, 9.17) is 0 Å². The first-order valence-electron chi connectivity index (χ1n) is 5.34. The van der Waals surface area contributed by atoms with E-state index in [-0.39, 0.29) is 23.9 Å². The molecule has 1 saturated heterocycles. The second-order valence-corrected chi connectivity index (χ2v) is 3.75. The van der Waals surface area contributed by atoms with Crippen LogP contribution in [0.5, 0.6) is 0 Å². The summed E-state index contributed by atoms with van der Waals surface area (Å²) in [4.78, 5) is 28.4. The summed E-state index contributed by atoms with van der Waals surface area (Å²) in [6, 6.07) is 2.54. The van der Waals surface area contributed by atoms with E-state index in [0.29, 0.717) is 19.6 Å². The van der Waals surface area contributed by atoms with Gasteiger partial charge in [0.25, 0.3) is 5.91 Å². The highest BCUT2D eigenvalue weighted by Crippen LogP contribution is 2.05. The van der Waals surface area contributed by atoms with Crippen LogP contribution in [0.1, 0.15) is 16.9 Å². The van der Waals surface area contributed by atoms with E-state index in [2.05, 4.69) is 10.3 Å². The molecule has 1 aliphatic heterocycles. The molecule has 6 heteroatoms. The van der Waals surface area contributed by atoms with Crippen LogP contribution in [-0.4, -0.2) is 41.3 Å². The van der Waals surface area contributed by atoms with Gasteiger partial charge in [-0.2, -0.15) is 0 Å². The number of carbonyl (C=O) groups is 2. The van der Waals surface area contributed by atoms with Crippen LogP contribution in [0.25, 0.3) is 0 Å².